The van der Waals surface area contributed by atoms with Gasteiger partial charge in [0, 0.05) is 4.90 Å². The Balaban J connectivity index is 1.63. The van der Waals surface area contributed by atoms with Crippen LogP contribution in [-0.4, -0.2) is 18.3 Å². The highest BCUT2D eigenvalue weighted by atomic mass is 32.2. The summed E-state index contributed by atoms with van der Waals surface area (Å²) in [6.45, 7) is 4.05. The van der Waals surface area contributed by atoms with E-state index in [9.17, 15) is 4.79 Å². The van der Waals surface area contributed by atoms with Crippen molar-refractivity contribution < 1.29 is 9.53 Å². The van der Waals surface area contributed by atoms with Gasteiger partial charge in [-0.2, -0.15) is 0 Å². The van der Waals surface area contributed by atoms with E-state index < -0.39 is 0 Å². The van der Waals surface area contributed by atoms with Crippen molar-refractivity contribution in [3.63, 3.8) is 0 Å². The van der Waals surface area contributed by atoms with Gasteiger partial charge in [0.15, 0.2) is 0 Å². The number of thioether (sulfide) groups is 1. The molecule has 1 aliphatic rings. The molecular weight excluding hydrogens is 330 g/mol. The van der Waals surface area contributed by atoms with E-state index in [1.54, 1.807) is 18.9 Å². The van der Waals surface area contributed by atoms with Crippen molar-refractivity contribution in [2.75, 3.05) is 7.11 Å². The van der Waals surface area contributed by atoms with Gasteiger partial charge in [-0.15, -0.1) is 11.8 Å². The number of amides is 1. The smallest absolute Gasteiger partial charge is 0.233 e. The van der Waals surface area contributed by atoms with Gasteiger partial charge in [0.25, 0.3) is 0 Å². The van der Waals surface area contributed by atoms with Gasteiger partial charge in [0.1, 0.15) is 5.75 Å². The Morgan fingerprint density at radius 3 is 2.32 bits per heavy atom. The Bertz CT molecular complexity index is 708. The summed E-state index contributed by atoms with van der Waals surface area (Å²) in [7, 11) is 1.65. The Kier molecular flexibility index (Phi) is 5.69. The molecule has 0 heterocycles. The van der Waals surface area contributed by atoms with Crippen LogP contribution in [0.15, 0.2) is 53.4 Å². The molecule has 0 saturated heterocycles. The van der Waals surface area contributed by atoms with Gasteiger partial charge in [0.05, 0.1) is 18.4 Å². The quantitative estimate of drug-likeness (QED) is 0.728. The molecule has 1 N–H and O–H groups in total. The van der Waals surface area contributed by atoms with Crippen LogP contribution in [0.2, 0.25) is 0 Å². The summed E-state index contributed by atoms with van der Waals surface area (Å²) in [5, 5.41) is 3.13. The number of carbonyl (C=O) groups excluding carboxylic acids is 1. The standard InChI is InChI=1S/C21H25NO2S/c1-14-4-6-16(7-5-14)20(17-8-9-17)22-21(23)15(2)25-19-12-10-18(24-3)11-13-19/h4-7,10-13,15,17,20H,8-9H2,1-3H3,(H,22,23). The summed E-state index contributed by atoms with van der Waals surface area (Å²) >= 11 is 1.58. The Morgan fingerprint density at radius 2 is 1.76 bits per heavy atom. The van der Waals surface area contributed by atoms with Crippen LogP contribution in [0.1, 0.15) is 36.9 Å². The number of rotatable bonds is 7. The van der Waals surface area contributed by atoms with Gasteiger partial charge in [-0.1, -0.05) is 29.8 Å². The molecule has 0 aromatic heterocycles. The third-order valence-corrected chi connectivity index (χ3v) is 5.68. The van der Waals surface area contributed by atoms with E-state index >= 15 is 0 Å². The molecule has 4 heteroatoms. The maximum absolute atomic E-state index is 12.7. The fraction of sp³-hybridized carbons (Fsp3) is 0.381. The minimum atomic E-state index is -0.139. The lowest BCUT2D eigenvalue weighted by Gasteiger charge is -2.21. The van der Waals surface area contributed by atoms with Gasteiger partial charge < -0.3 is 10.1 Å². The maximum atomic E-state index is 12.7. The van der Waals surface area contributed by atoms with Crippen LogP contribution in [0.25, 0.3) is 0 Å². The molecular formula is C21H25NO2S. The van der Waals surface area contributed by atoms with E-state index in [2.05, 4.69) is 36.5 Å². The largest absolute Gasteiger partial charge is 0.497 e. The van der Waals surface area contributed by atoms with Crippen LogP contribution in [0, 0.1) is 12.8 Å². The van der Waals surface area contributed by atoms with Crippen molar-refractivity contribution in [2.24, 2.45) is 5.92 Å². The monoisotopic (exact) mass is 355 g/mol. The summed E-state index contributed by atoms with van der Waals surface area (Å²) in [5.74, 6) is 1.50. The molecule has 3 nitrogen and oxygen atoms in total. The molecule has 25 heavy (non-hydrogen) atoms. The second-order valence-corrected chi connectivity index (χ2v) is 8.08. The number of hydrogen-bond acceptors (Lipinski definition) is 3. The first-order valence-corrected chi connectivity index (χ1v) is 9.62. The predicted molar refractivity (Wildman–Crippen MR) is 103 cm³/mol. The summed E-state index contributed by atoms with van der Waals surface area (Å²) in [4.78, 5) is 13.8. The van der Waals surface area contributed by atoms with Crippen molar-refractivity contribution in [2.45, 2.75) is 42.9 Å². The first-order chi connectivity index (χ1) is 12.1. The normalized spacial score (nSPS) is 16.1. The zero-order chi connectivity index (χ0) is 17.8. The third-order valence-electron chi connectivity index (χ3n) is 4.57. The fourth-order valence-electron chi connectivity index (χ4n) is 2.86. The molecule has 0 radical (unpaired) electrons. The third kappa shape index (κ3) is 4.79. The van der Waals surface area contributed by atoms with Crippen LogP contribution >= 0.6 is 11.8 Å². The summed E-state index contributed by atoms with van der Waals surface area (Å²) < 4.78 is 5.18. The highest BCUT2D eigenvalue weighted by molar-refractivity contribution is 8.00. The summed E-state index contributed by atoms with van der Waals surface area (Å²) in [5.41, 5.74) is 2.45. The van der Waals surface area contributed by atoms with Crippen molar-refractivity contribution in [1.82, 2.24) is 5.32 Å². The Labute approximate surface area is 154 Å². The fourth-order valence-corrected chi connectivity index (χ4v) is 3.74. The number of methoxy groups -OCH3 is 1. The maximum Gasteiger partial charge on any atom is 0.233 e. The molecule has 0 spiro atoms. The molecule has 1 amide bonds. The number of ether oxygens (including phenoxy) is 1. The van der Waals surface area contributed by atoms with E-state index in [0.29, 0.717) is 5.92 Å². The first kappa shape index (κ1) is 17.9. The van der Waals surface area contributed by atoms with Crippen LogP contribution in [-0.2, 0) is 4.79 Å². The molecule has 1 saturated carbocycles. The van der Waals surface area contributed by atoms with Crippen molar-refractivity contribution in [3.8, 4) is 5.75 Å². The van der Waals surface area contributed by atoms with E-state index in [0.717, 1.165) is 10.6 Å². The molecule has 1 aliphatic carbocycles. The number of hydrogen-bond donors (Lipinski definition) is 1. The van der Waals surface area contributed by atoms with Crippen molar-refractivity contribution in [3.05, 3.63) is 59.7 Å². The average Bonchev–Trinajstić information content (AvgIpc) is 3.46. The van der Waals surface area contributed by atoms with E-state index in [4.69, 9.17) is 4.74 Å². The zero-order valence-electron chi connectivity index (χ0n) is 15.0. The molecule has 132 valence electrons. The van der Waals surface area contributed by atoms with Crippen LogP contribution in [0.4, 0.5) is 0 Å². The second-order valence-electron chi connectivity index (χ2n) is 6.67. The molecule has 0 bridgehead atoms. The summed E-state index contributed by atoms with van der Waals surface area (Å²) in [6, 6.07) is 16.5. The molecule has 2 atom stereocenters. The average molecular weight is 356 g/mol. The minimum absolute atomic E-state index is 0.0956. The summed E-state index contributed by atoms with van der Waals surface area (Å²) in [6.07, 6.45) is 2.39. The number of nitrogens with one attached hydrogen (secondary N) is 1. The number of benzene rings is 2. The highest BCUT2D eigenvalue weighted by Crippen LogP contribution is 2.41. The predicted octanol–water partition coefficient (Wildman–Crippen LogP) is 4.75. The Hall–Kier alpha value is -1.94. The lowest BCUT2D eigenvalue weighted by molar-refractivity contribution is -0.121. The molecule has 0 aliphatic heterocycles. The highest BCUT2D eigenvalue weighted by Gasteiger charge is 2.34. The topological polar surface area (TPSA) is 38.3 Å². The van der Waals surface area contributed by atoms with Crippen LogP contribution in [0.5, 0.6) is 5.75 Å². The van der Waals surface area contributed by atoms with E-state index in [-0.39, 0.29) is 17.2 Å². The minimum Gasteiger partial charge on any atom is -0.497 e. The van der Waals surface area contributed by atoms with E-state index in [1.165, 1.54) is 24.0 Å². The van der Waals surface area contributed by atoms with Gasteiger partial charge in [-0.05, 0) is 62.4 Å². The van der Waals surface area contributed by atoms with Crippen molar-refractivity contribution >= 4 is 17.7 Å². The zero-order valence-corrected chi connectivity index (χ0v) is 15.8. The molecule has 3 rings (SSSR count). The molecule has 2 aromatic carbocycles. The lowest BCUT2D eigenvalue weighted by atomic mass is 10.0. The first-order valence-electron chi connectivity index (χ1n) is 8.74. The number of aryl methyl sites for hydroxylation is 1. The molecule has 2 aromatic rings. The molecule has 1 fully saturated rings. The van der Waals surface area contributed by atoms with Gasteiger partial charge >= 0.3 is 0 Å². The Morgan fingerprint density at radius 1 is 1.12 bits per heavy atom. The number of carbonyl (C=O) groups is 1. The van der Waals surface area contributed by atoms with E-state index in [1.807, 2.05) is 31.2 Å². The molecule has 2 unspecified atom stereocenters. The van der Waals surface area contributed by atoms with Crippen LogP contribution < -0.4 is 10.1 Å². The van der Waals surface area contributed by atoms with Crippen LogP contribution in [0.3, 0.4) is 0 Å². The van der Waals surface area contributed by atoms with Crippen molar-refractivity contribution in [1.29, 1.82) is 0 Å². The van der Waals surface area contributed by atoms with Gasteiger partial charge in [-0.25, -0.2) is 0 Å². The van der Waals surface area contributed by atoms with Gasteiger partial charge in [0.2, 0.25) is 5.91 Å². The lowest BCUT2D eigenvalue weighted by Crippen LogP contribution is -2.35. The second kappa shape index (κ2) is 7.96. The SMILES string of the molecule is COc1ccc(SC(C)C(=O)NC(c2ccc(C)cc2)C2CC2)cc1. The van der Waals surface area contributed by atoms with Gasteiger partial charge in [-0.3, -0.25) is 4.79 Å².